The van der Waals surface area contributed by atoms with Crippen LogP contribution in [0.25, 0.3) is 0 Å². The summed E-state index contributed by atoms with van der Waals surface area (Å²) in [5.74, 6) is -0.669. The van der Waals surface area contributed by atoms with E-state index in [-0.39, 0.29) is 5.91 Å². The molecule has 1 aliphatic rings. The van der Waals surface area contributed by atoms with Crippen LogP contribution in [-0.2, 0) is 19.1 Å². The van der Waals surface area contributed by atoms with Gasteiger partial charge in [0.05, 0.1) is 20.3 Å². The highest BCUT2D eigenvalue weighted by atomic mass is 16.7. The van der Waals surface area contributed by atoms with E-state index in [9.17, 15) is 4.79 Å². The van der Waals surface area contributed by atoms with Crippen molar-refractivity contribution >= 4 is 5.91 Å². The summed E-state index contributed by atoms with van der Waals surface area (Å²) in [7, 11) is 3.04. The van der Waals surface area contributed by atoms with E-state index in [0.29, 0.717) is 26.1 Å². The molecule has 0 atom stereocenters. The molecule has 0 bridgehead atoms. The van der Waals surface area contributed by atoms with Crippen LogP contribution in [0, 0.1) is 0 Å². The van der Waals surface area contributed by atoms with Crippen LogP contribution in [0.2, 0.25) is 0 Å². The van der Waals surface area contributed by atoms with Gasteiger partial charge in [-0.3, -0.25) is 9.63 Å². The molecule has 5 heteroatoms. The molecule has 0 unspecified atom stereocenters. The molecule has 5 nitrogen and oxygen atoms in total. The van der Waals surface area contributed by atoms with Gasteiger partial charge in [0.1, 0.15) is 0 Å². The van der Waals surface area contributed by atoms with Crippen molar-refractivity contribution in [3.8, 4) is 0 Å². The maximum absolute atomic E-state index is 11.4. The molecule has 0 aromatic rings. The Kier molecular flexibility index (Phi) is 3.86. The number of hydrogen-bond donors (Lipinski definition) is 0. The minimum Gasteiger partial charge on any atom is -0.348 e. The first-order valence-electron chi connectivity index (χ1n) is 4.66. The van der Waals surface area contributed by atoms with Gasteiger partial charge in [-0.2, -0.15) is 0 Å². The van der Waals surface area contributed by atoms with Crippen molar-refractivity contribution < 1.29 is 19.1 Å². The zero-order chi connectivity index (χ0) is 10.6. The predicted octanol–water partition coefficient (Wildman–Crippen LogP) is 0.549. The maximum Gasteiger partial charge on any atom is 0.246 e. The third-order valence-corrected chi connectivity index (χ3v) is 2.32. The average Bonchev–Trinajstić information content (AvgIpc) is 2.61. The van der Waals surface area contributed by atoms with Crippen molar-refractivity contribution in [3.63, 3.8) is 0 Å². The summed E-state index contributed by atoms with van der Waals surface area (Å²) in [4.78, 5) is 16.1. The molecule has 14 heavy (non-hydrogen) atoms. The standard InChI is InChI=1S/C9H17NO4/c1-9(13-6-7-14-9)5-4-8(11)10(2)12-3/h4-7H2,1-3H3. The molecule has 82 valence electrons. The summed E-state index contributed by atoms with van der Waals surface area (Å²) in [6, 6.07) is 0. The quantitative estimate of drug-likeness (QED) is 0.626. The molecule has 1 amide bonds. The van der Waals surface area contributed by atoms with Gasteiger partial charge in [-0.15, -0.1) is 0 Å². The lowest BCUT2D eigenvalue weighted by atomic mass is 10.1. The fourth-order valence-electron chi connectivity index (χ4n) is 1.29. The van der Waals surface area contributed by atoms with Crippen LogP contribution in [0.3, 0.4) is 0 Å². The molecule has 0 aromatic heterocycles. The molecule has 1 rings (SSSR count). The van der Waals surface area contributed by atoms with Gasteiger partial charge < -0.3 is 9.47 Å². The molecule has 0 radical (unpaired) electrons. The van der Waals surface area contributed by atoms with Crippen molar-refractivity contribution in [2.75, 3.05) is 27.4 Å². The molecule has 0 aromatic carbocycles. The topological polar surface area (TPSA) is 48.0 Å². The minimum atomic E-state index is -0.593. The van der Waals surface area contributed by atoms with E-state index >= 15 is 0 Å². The Morgan fingerprint density at radius 2 is 2.07 bits per heavy atom. The van der Waals surface area contributed by atoms with Crippen LogP contribution >= 0.6 is 0 Å². The van der Waals surface area contributed by atoms with Crippen molar-refractivity contribution in [2.45, 2.75) is 25.6 Å². The molecular weight excluding hydrogens is 186 g/mol. The molecule has 1 aliphatic heterocycles. The van der Waals surface area contributed by atoms with Crippen molar-refractivity contribution in [3.05, 3.63) is 0 Å². The largest absolute Gasteiger partial charge is 0.348 e. The second-order valence-corrected chi connectivity index (χ2v) is 3.40. The van der Waals surface area contributed by atoms with Crippen LogP contribution in [0.4, 0.5) is 0 Å². The number of hydroxylamine groups is 2. The number of amides is 1. The zero-order valence-electron chi connectivity index (χ0n) is 8.91. The Balaban J connectivity index is 2.29. The van der Waals surface area contributed by atoms with Crippen LogP contribution in [-0.4, -0.2) is 44.1 Å². The zero-order valence-corrected chi connectivity index (χ0v) is 8.91. The van der Waals surface area contributed by atoms with Crippen LogP contribution in [0.5, 0.6) is 0 Å². The van der Waals surface area contributed by atoms with E-state index in [4.69, 9.17) is 14.3 Å². The molecule has 0 saturated carbocycles. The molecule has 1 fully saturated rings. The van der Waals surface area contributed by atoms with Gasteiger partial charge in [0.15, 0.2) is 5.79 Å². The highest BCUT2D eigenvalue weighted by Crippen LogP contribution is 2.24. The molecular formula is C9H17NO4. The Morgan fingerprint density at radius 3 is 2.57 bits per heavy atom. The fourth-order valence-corrected chi connectivity index (χ4v) is 1.29. The number of hydrogen-bond acceptors (Lipinski definition) is 4. The third kappa shape index (κ3) is 2.94. The van der Waals surface area contributed by atoms with Crippen LogP contribution < -0.4 is 0 Å². The fraction of sp³-hybridized carbons (Fsp3) is 0.889. The lowest BCUT2D eigenvalue weighted by Gasteiger charge is -2.22. The monoisotopic (exact) mass is 203 g/mol. The van der Waals surface area contributed by atoms with E-state index in [1.807, 2.05) is 6.92 Å². The molecule has 0 aliphatic carbocycles. The Hall–Kier alpha value is -0.650. The second kappa shape index (κ2) is 4.72. The first-order chi connectivity index (χ1) is 6.57. The van der Waals surface area contributed by atoms with E-state index in [1.54, 1.807) is 7.05 Å². The minimum absolute atomic E-state index is 0.0761. The summed E-state index contributed by atoms with van der Waals surface area (Å²) in [5.41, 5.74) is 0. The average molecular weight is 203 g/mol. The number of ether oxygens (including phenoxy) is 2. The SMILES string of the molecule is CON(C)C(=O)CCC1(C)OCCO1. The second-order valence-electron chi connectivity index (χ2n) is 3.40. The molecule has 0 N–H and O–H groups in total. The van der Waals surface area contributed by atoms with E-state index in [0.717, 1.165) is 0 Å². The first-order valence-corrected chi connectivity index (χ1v) is 4.66. The summed E-state index contributed by atoms with van der Waals surface area (Å²) in [5, 5.41) is 1.21. The van der Waals surface area contributed by atoms with Crippen molar-refractivity contribution in [2.24, 2.45) is 0 Å². The Morgan fingerprint density at radius 1 is 1.50 bits per heavy atom. The maximum atomic E-state index is 11.4. The van der Waals surface area contributed by atoms with Gasteiger partial charge in [-0.1, -0.05) is 0 Å². The first kappa shape index (κ1) is 11.4. The highest BCUT2D eigenvalue weighted by molar-refractivity contribution is 5.74. The molecule has 0 spiro atoms. The normalized spacial score (nSPS) is 19.6. The lowest BCUT2D eigenvalue weighted by Crippen LogP contribution is -2.31. The van der Waals surface area contributed by atoms with Crippen LogP contribution in [0.15, 0.2) is 0 Å². The Bertz CT molecular complexity index is 201. The number of carbonyl (C=O) groups excluding carboxylic acids is 1. The number of rotatable bonds is 4. The molecule has 1 heterocycles. The van der Waals surface area contributed by atoms with E-state index < -0.39 is 5.79 Å². The van der Waals surface area contributed by atoms with Gasteiger partial charge >= 0.3 is 0 Å². The summed E-state index contributed by atoms with van der Waals surface area (Å²) in [6.45, 7) is 3.05. The van der Waals surface area contributed by atoms with E-state index in [2.05, 4.69) is 0 Å². The van der Waals surface area contributed by atoms with Gasteiger partial charge in [-0.25, -0.2) is 5.06 Å². The number of nitrogens with zero attached hydrogens (tertiary/aromatic N) is 1. The van der Waals surface area contributed by atoms with Crippen molar-refractivity contribution in [1.29, 1.82) is 0 Å². The highest BCUT2D eigenvalue weighted by Gasteiger charge is 2.31. The predicted molar refractivity (Wildman–Crippen MR) is 49.3 cm³/mol. The van der Waals surface area contributed by atoms with Crippen molar-refractivity contribution in [1.82, 2.24) is 5.06 Å². The van der Waals surface area contributed by atoms with Gasteiger partial charge in [0, 0.05) is 19.9 Å². The third-order valence-electron chi connectivity index (χ3n) is 2.32. The van der Waals surface area contributed by atoms with Gasteiger partial charge in [0.25, 0.3) is 0 Å². The van der Waals surface area contributed by atoms with Gasteiger partial charge in [-0.05, 0) is 6.92 Å². The molecule has 1 saturated heterocycles. The van der Waals surface area contributed by atoms with E-state index in [1.165, 1.54) is 12.2 Å². The summed E-state index contributed by atoms with van der Waals surface area (Å²) < 4.78 is 10.7. The van der Waals surface area contributed by atoms with Crippen LogP contribution in [0.1, 0.15) is 19.8 Å². The Labute approximate surface area is 83.9 Å². The summed E-state index contributed by atoms with van der Waals surface area (Å²) in [6.07, 6.45) is 0.917. The number of carbonyl (C=O) groups is 1. The lowest BCUT2D eigenvalue weighted by molar-refractivity contribution is -0.177. The smallest absolute Gasteiger partial charge is 0.246 e. The van der Waals surface area contributed by atoms with Gasteiger partial charge in [0.2, 0.25) is 5.91 Å². The summed E-state index contributed by atoms with van der Waals surface area (Å²) >= 11 is 0.